The lowest BCUT2D eigenvalue weighted by Gasteiger charge is -2.12. The van der Waals surface area contributed by atoms with E-state index in [4.69, 9.17) is 17.3 Å². The summed E-state index contributed by atoms with van der Waals surface area (Å²) in [5.41, 5.74) is 7.69. The number of hydrogen-bond donors (Lipinski definition) is 2. The average molecular weight is 369 g/mol. The number of hydrogen-bond acceptors (Lipinski definition) is 3. The van der Waals surface area contributed by atoms with Gasteiger partial charge in [0.1, 0.15) is 5.15 Å². The third kappa shape index (κ3) is 4.81. The van der Waals surface area contributed by atoms with Crippen LogP contribution in [0.15, 0.2) is 47.1 Å². The van der Waals surface area contributed by atoms with E-state index in [1.165, 1.54) is 6.20 Å². The maximum absolute atomic E-state index is 11.9. The van der Waals surface area contributed by atoms with Gasteiger partial charge in [-0.3, -0.25) is 4.79 Å². The fourth-order valence-electron chi connectivity index (χ4n) is 1.87. The van der Waals surface area contributed by atoms with Gasteiger partial charge in [0, 0.05) is 12.5 Å². The van der Waals surface area contributed by atoms with Crippen molar-refractivity contribution in [3.63, 3.8) is 0 Å². The first-order valence-corrected chi connectivity index (χ1v) is 7.65. The summed E-state index contributed by atoms with van der Waals surface area (Å²) >= 11 is 9.06. The summed E-state index contributed by atoms with van der Waals surface area (Å²) < 4.78 is 0.642. The number of nitrogens with zero attached hydrogens (tertiary/aromatic N) is 1. The number of halogens is 2. The summed E-state index contributed by atoms with van der Waals surface area (Å²) in [6, 6.07) is 11.3. The third-order valence-electron chi connectivity index (χ3n) is 2.99. The van der Waals surface area contributed by atoms with E-state index in [1.54, 1.807) is 6.07 Å². The number of aromatic nitrogens is 1. The maximum Gasteiger partial charge on any atom is 0.224 e. The summed E-state index contributed by atoms with van der Waals surface area (Å²) in [6.45, 7) is 0. The van der Waals surface area contributed by atoms with Gasteiger partial charge < -0.3 is 11.1 Å². The van der Waals surface area contributed by atoms with Gasteiger partial charge in [-0.2, -0.15) is 0 Å². The highest BCUT2D eigenvalue weighted by molar-refractivity contribution is 9.10. The minimum atomic E-state index is -0.146. The molecule has 0 radical (unpaired) electrons. The van der Waals surface area contributed by atoms with Crippen LogP contribution in [0, 0.1) is 0 Å². The molecule has 0 aliphatic heterocycles. The van der Waals surface area contributed by atoms with Crippen molar-refractivity contribution in [3.05, 3.63) is 57.8 Å². The van der Waals surface area contributed by atoms with Gasteiger partial charge in [0.25, 0.3) is 0 Å². The smallest absolute Gasteiger partial charge is 0.224 e. The lowest BCUT2D eigenvalue weighted by molar-refractivity contribution is -0.116. The van der Waals surface area contributed by atoms with Gasteiger partial charge in [0.15, 0.2) is 0 Å². The number of nitrogens with one attached hydrogen (secondary N) is 1. The molecular formula is C15H15BrClN3O. The lowest BCUT2D eigenvalue weighted by atomic mass is 10.0. The van der Waals surface area contributed by atoms with E-state index in [9.17, 15) is 4.79 Å². The van der Waals surface area contributed by atoms with Crippen molar-refractivity contribution in [1.29, 1.82) is 0 Å². The number of anilines is 1. The van der Waals surface area contributed by atoms with Crippen LogP contribution < -0.4 is 11.1 Å². The van der Waals surface area contributed by atoms with Crippen LogP contribution in [-0.4, -0.2) is 10.9 Å². The quantitative estimate of drug-likeness (QED) is 0.786. The molecule has 1 aromatic heterocycles. The molecule has 110 valence electrons. The molecule has 6 heteroatoms. The first-order chi connectivity index (χ1) is 10.1. The molecule has 3 N–H and O–H groups in total. The first-order valence-electron chi connectivity index (χ1n) is 6.47. The normalized spacial score (nSPS) is 12.0. The lowest BCUT2D eigenvalue weighted by Crippen LogP contribution is -2.16. The van der Waals surface area contributed by atoms with Gasteiger partial charge in [-0.25, -0.2) is 4.98 Å². The van der Waals surface area contributed by atoms with E-state index in [0.717, 1.165) is 5.56 Å². The molecule has 0 saturated heterocycles. The summed E-state index contributed by atoms with van der Waals surface area (Å²) in [6.07, 6.45) is 2.44. The number of benzene rings is 1. The summed E-state index contributed by atoms with van der Waals surface area (Å²) in [7, 11) is 0. The predicted molar refractivity (Wildman–Crippen MR) is 88.2 cm³/mol. The van der Waals surface area contributed by atoms with Crippen molar-refractivity contribution in [2.45, 2.75) is 18.9 Å². The Hall–Kier alpha value is -1.43. The molecule has 1 aromatic carbocycles. The summed E-state index contributed by atoms with van der Waals surface area (Å²) in [5, 5.41) is 3.13. The highest BCUT2D eigenvalue weighted by atomic mass is 79.9. The van der Waals surface area contributed by atoms with Crippen LogP contribution >= 0.6 is 27.5 Å². The van der Waals surface area contributed by atoms with Crippen LogP contribution in [0.2, 0.25) is 5.15 Å². The number of nitrogens with two attached hydrogens (primary N) is 1. The number of carbonyl (C=O) groups is 1. The van der Waals surface area contributed by atoms with Gasteiger partial charge in [-0.05, 0) is 34.0 Å². The van der Waals surface area contributed by atoms with Crippen LogP contribution in [0.25, 0.3) is 0 Å². The van der Waals surface area contributed by atoms with Gasteiger partial charge >= 0.3 is 0 Å². The van der Waals surface area contributed by atoms with Crippen molar-refractivity contribution in [2.24, 2.45) is 5.73 Å². The van der Waals surface area contributed by atoms with Crippen molar-refractivity contribution in [2.75, 3.05) is 5.32 Å². The predicted octanol–water partition coefficient (Wildman–Crippen LogP) is 3.92. The van der Waals surface area contributed by atoms with Crippen molar-refractivity contribution in [3.8, 4) is 0 Å². The van der Waals surface area contributed by atoms with Crippen LogP contribution in [0.3, 0.4) is 0 Å². The minimum Gasteiger partial charge on any atom is -0.325 e. The van der Waals surface area contributed by atoms with Gasteiger partial charge in [0.05, 0.1) is 16.4 Å². The Kier molecular flexibility index (Phi) is 5.73. The monoisotopic (exact) mass is 367 g/mol. The SMILES string of the molecule is NC(CCC(=O)Nc1cnc(Cl)c(Br)c1)c1ccccc1. The van der Waals surface area contributed by atoms with Crippen LogP contribution in [0.4, 0.5) is 5.69 Å². The van der Waals surface area contributed by atoms with E-state index in [0.29, 0.717) is 28.2 Å². The molecule has 0 saturated carbocycles. The molecule has 2 rings (SSSR count). The number of amides is 1. The van der Waals surface area contributed by atoms with Gasteiger partial charge in [-0.1, -0.05) is 41.9 Å². The van der Waals surface area contributed by atoms with E-state index < -0.39 is 0 Å². The molecule has 0 spiro atoms. The van der Waals surface area contributed by atoms with Crippen molar-refractivity contribution < 1.29 is 4.79 Å². The molecular weight excluding hydrogens is 354 g/mol. The summed E-state index contributed by atoms with van der Waals surface area (Å²) in [5.74, 6) is -0.0996. The number of rotatable bonds is 5. The Morgan fingerprint density at radius 3 is 2.76 bits per heavy atom. The van der Waals surface area contributed by atoms with Crippen LogP contribution in [0.1, 0.15) is 24.4 Å². The Labute approximate surface area is 136 Å². The zero-order chi connectivity index (χ0) is 15.2. The Bertz CT molecular complexity index is 622. The maximum atomic E-state index is 11.9. The van der Waals surface area contributed by atoms with Crippen LogP contribution in [-0.2, 0) is 4.79 Å². The highest BCUT2D eigenvalue weighted by Gasteiger charge is 2.10. The second-order valence-corrected chi connectivity index (χ2v) is 5.81. The van der Waals surface area contributed by atoms with Gasteiger partial charge in [0.2, 0.25) is 5.91 Å². The fourth-order valence-corrected chi connectivity index (χ4v) is 2.32. The Morgan fingerprint density at radius 2 is 2.10 bits per heavy atom. The zero-order valence-electron chi connectivity index (χ0n) is 11.2. The Morgan fingerprint density at radius 1 is 1.38 bits per heavy atom. The van der Waals surface area contributed by atoms with Crippen molar-refractivity contribution >= 4 is 39.1 Å². The molecule has 1 atom stereocenters. The molecule has 0 aliphatic carbocycles. The second kappa shape index (κ2) is 7.54. The van der Waals surface area contributed by atoms with Crippen molar-refractivity contribution in [1.82, 2.24) is 4.98 Å². The van der Waals surface area contributed by atoms with Gasteiger partial charge in [-0.15, -0.1) is 0 Å². The number of pyridine rings is 1. The molecule has 0 bridgehead atoms. The molecule has 1 heterocycles. The molecule has 2 aromatic rings. The molecule has 0 fully saturated rings. The topological polar surface area (TPSA) is 68.0 Å². The zero-order valence-corrected chi connectivity index (χ0v) is 13.6. The van der Waals surface area contributed by atoms with Crippen LogP contribution in [0.5, 0.6) is 0 Å². The number of carbonyl (C=O) groups excluding carboxylic acids is 1. The average Bonchev–Trinajstić information content (AvgIpc) is 2.49. The molecule has 1 unspecified atom stereocenters. The molecule has 21 heavy (non-hydrogen) atoms. The molecule has 0 aliphatic rings. The second-order valence-electron chi connectivity index (χ2n) is 4.60. The standard InChI is InChI=1S/C15H15BrClN3O/c16-12-8-11(9-19-15(12)17)20-14(21)7-6-13(18)10-4-2-1-3-5-10/h1-5,8-9,13H,6-7,18H2,(H,20,21). The van der Waals surface area contributed by atoms with E-state index in [2.05, 4.69) is 26.2 Å². The minimum absolute atomic E-state index is 0.0996. The third-order valence-corrected chi connectivity index (χ3v) is 4.12. The largest absolute Gasteiger partial charge is 0.325 e. The first kappa shape index (κ1) is 15.9. The summed E-state index contributed by atoms with van der Waals surface area (Å²) in [4.78, 5) is 15.9. The van der Waals surface area contributed by atoms with E-state index in [-0.39, 0.29) is 11.9 Å². The fraction of sp³-hybridized carbons (Fsp3) is 0.200. The highest BCUT2D eigenvalue weighted by Crippen LogP contribution is 2.23. The molecule has 1 amide bonds. The van der Waals surface area contributed by atoms with E-state index in [1.807, 2.05) is 30.3 Å². The molecule has 4 nitrogen and oxygen atoms in total. The van der Waals surface area contributed by atoms with E-state index >= 15 is 0 Å². The Balaban J connectivity index is 1.86.